The average Bonchev–Trinajstić information content (AvgIpc) is 3.02. The van der Waals surface area contributed by atoms with E-state index in [2.05, 4.69) is 26.0 Å². The molecule has 1 saturated carbocycles. The van der Waals surface area contributed by atoms with Crippen LogP contribution in [-0.2, 0) is 0 Å². The molecule has 0 radical (unpaired) electrons. The van der Waals surface area contributed by atoms with Crippen LogP contribution in [0.15, 0.2) is 12.2 Å². The summed E-state index contributed by atoms with van der Waals surface area (Å²) in [5, 5.41) is 21.0. The van der Waals surface area contributed by atoms with Crippen molar-refractivity contribution in [1.82, 2.24) is 0 Å². The van der Waals surface area contributed by atoms with E-state index in [-0.39, 0.29) is 12.2 Å². The van der Waals surface area contributed by atoms with Crippen molar-refractivity contribution in [2.45, 2.75) is 71.0 Å². The molecule has 0 aliphatic heterocycles. The maximum atomic E-state index is 10.5. The van der Waals surface area contributed by atoms with E-state index in [4.69, 9.17) is 0 Å². The number of hydrogen-bond acceptors (Lipinski definition) is 2. The number of aliphatic hydroxyl groups excluding tert-OH is 2. The molecule has 0 amide bonds. The zero-order valence-corrected chi connectivity index (χ0v) is 12.5. The van der Waals surface area contributed by atoms with Crippen LogP contribution in [0.3, 0.4) is 0 Å². The van der Waals surface area contributed by atoms with Crippen LogP contribution in [0, 0.1) is 23.7 Å². The Labute approximate surface area is 117 Å². The fourth-order valence-corrected chi connectivity index (χ4v) is 4.19. The minimum atomic E-state index is -0.221. The fourth-order valence-electron chi connectivity index (χ4n) is 4.19. The van der Waals surface area contributed by atoms with Gasteiger partial charge in [0.2, 0.25) is 0 Å². The lowest BCUT2D eigenvalue weighted by Gasteiger charge is -2.35. The Morgan fingerprint density at radius 3 is 1.68 bits per heavy atom. The molecule has 0 aromatic carbocycles. The minimum absolute atomic E-state index is 0.221. The third-order valence-electron chi connectivity index (χ3n) is 5.18. The maximum Gasteiger partial charge on any atom is 0.0577 e. The molecule has 2 aliphatic rings. The Bertz CT molecular complexity index is 272. The van der Waals surface area contributed by atoms with Crippen LogP contribution in [-0.4, -0.2) is 22.4 Å². The molecule has 2 rings (SSSR count). The van der Waals surface area contributed by atoms with Crippen LogP contribution in [0.1, 0.15) is 58.8 Å². The van der Waals surface area contributed by atoms with E-state index in [9.17, 15) is 10.2 Å². The van der Waals surface area contributed by atoms with E-state index in [0.717, 1.165) is 44.9 Å². The predicted molar refractivity (Wildman–Crippen MR) is 78.8 cm³/mol. The Kier molecular flexibility index (Phi) is 5.47. The van der Waals surface area contributed by atoms with Gasteiger partial charge in [-0.05, 0) is 42.9 Å². The first-order valence-corrected chi connectivity index (χ1v) is 8.23. The highest BCUT2D eigenvalue weighted by Crippen LogP contribution is 2.51. The van der Waals surface area contributed by atoms with E-state index in [1.54, 1.807) is 0 Å². The largest absolute Gasteiger partial charge is 0.393 e. The van der Waals surface area contributed by atoms with Crippen LogP contribution < -0.4 is 0 Å². The molecular formula is C17H30O2. The van der Waals surface area contributed by atoms with Gasteiger partial charge in [-0.2, -0.15) is 0 Å². The van der Waals surface area contributed by atoms with Gasteiger partial charge in [-0.15, -0.1) is 0 Å². The molecule has 2 aliphatic carbocycles. The molecular weight excluding hydrogens is 236 g/mol. The second-order valence-electron chi connectivity index (χ2n) is 6.52. The van der Waals surface area contributed by atoms with Crippen LogP contribution >= 0.6 is 0 Å². The standard InChI is InChI=1S/C17H30O2/c1-3-5-7-14(18)16-12-9-10-13(11-12)17(16)15(19)8-6-4-2/h9-10,12-19H,3-8,11H2,1-2H3. The Morgan fingerprint density at radius 1 is 0.895 bits per heavy atom. The van der Waals surface area contributed by atoms with Gasteiger partial charge in [0.15, 0.2) is 0 Å². The lowest BCUT2D eigenvalue weighted by Crippen LogP contribution is -2.38. The fraction of sp³-hybridized carbons (Fsp3) is 0.882. The van der Waals surface area contributed by atoms with E-state index in [1.807, 2.05) is 0 Å². The van der Waals surface area contributed by atoms with Gasteiger partial charge in [-0.25, -0.2) is 0 Å². The third kappa shape index (κ3) is 3.22. The molecule has 2 nitrogen and oxygen atoms in total. The van der Waals surface area contributed by atoms with E-state index < -0.39 is 0 Å². The van der Waals surface area contributed by atoms with Gasteiger partial charge in [-0.3, -0.25) is 0 Å². The van der Waals surface area contributed by atoms with E-state index in [1.165, 1.54) is 0 Å². The van der Waals surface area contributed by atoms with E-state index in [0.29, 0.717) is 23.7 Å². The molecule has 0 aromatic rings. The third-order valence-corrected chi connectivity index (χ3v) is 5.18. The molecule has 2 heteroatoms. The lowest BCUT2D eigenvalue weighted by molar-refractivity contribution is -0.00660. The van der Waals surface area contributed by atoms with Gasteiger partial charge in [0.05, 0.1) is 12.2 Å². The van der Waals surface area contributed by atoms with Gasteiger partial charge >= 0.3 is 0 Å². The molecule has 0 saturated heterocycles. The van der Waals surface area contributed by atoms with Gasteiger partial charge in [-0.1, -0.05) is 51.7 Å². The number of aliphatic hydroxyl groups is 2. The summed E-state index contributed by atoms with van der Waals surface area (Å²) in [6, 6.07) is 0. The summed E-state index contributed by atoms with van der Waals surface area (Å²) in [6.07, 6.45) is 11.5. The van der Waals surface area contributed by atoms with Crippen molar-refractivity contribution < 1.29 is 10.2 Å². The van der Waals surface area contributed by atoms with Crippen molar-refractivity contribution in [1.29, 1.82) is 0 Å². The summed E-state index contributed by atoms with van der Waals surface area (Å²) in [5.41, 5.74) is 0. The highest BCUT2D eigenvalue weighted by molar-refractivity contribution is 5.15. The van der Waals surface area contributed by atoms with Crippen molar-refractivity contribution in [3.05, 3.63) is 12.2 Å². The molecule has 110 valence electrons. The first-order valence-electron chi connectivity index (χ1n) is 8.23. The normalized spacial score (nSPS) is 35.8. The van der Waals surface area contributed by atoms with Crippen molar-refractivity contribution in [2.24, 2.45) is 23.7 Å². The SMILES string of the molecule is CCCCC(O)C1C2C=CC(C2)C1C(O)CCCC. The van der Waals surface area contributed by atoms with Crippen molar-refractivity contribution in [2.75, 3.05) is 0 Å². The first-order chi connectivity index (χ1) is 9.19. The van der Waals surface area contributed by atoms with Gasteiger partial charge < -0.3 is 10.2 Å². The zero-order chi connectivity index (χ0) is 13.8. The molecule has 19 heavy (non-hydrogen) atoms. The highest BCUT2D eigenvalue weighted by atomic mass is 16.3. The average molecular weight is 266 g/mol. The van der Waals surface area contributed by atoms with Crippen LogP contribution in [0.25, 0.3) is 0 Å². The summed E-state index contributed by atoms with van der Waals surface area (Å²) >= 11 is 0. The summed E-state index contributed by atoms with van der Waals surface area (Å²) in [6.45, 7) is 4.34. The summed E-state index contributed by atoms with van der Waals surface area (Å²) in [5.74, 6) is 1.62. The molecule has 6 unspecified atom stereocenters. The van der Waals surface area contributed by atoms with Crippen LogP contribution in [0.4, 0.5) is 0 Å². The number of allylic oxidation sites excluding steroid dienone is 2. The number of unbranched alkanes of at least 4 members (excludes halogenated alkanes) is 2. The zero-order valence-electron chi connectivity index (χ0n) is 12.5. The van der Waals surface area contributed by atoms with Gasteiger partial charge in [0.25, 0.3) is 0 Å². The molecule has 6 atom stereocenters. The molecule has 2 N–H and O–H groups in total. The number of rotatable bonds is 8. The van der Waals surface area contributed by atoms with E-state index >= 15 is 0 Å². The number of hydrogen-bond donors (Lipinski definition) is 2. The van der Waals surface area contributed by atoms with Gasteiger partial charge in [0.1, 0.15) is 0 Å². The van der Waals surface area contributed by atoms with Crippen molar-refractivity contribution in [3.8, 4) is 0 Å². The monoisotopic (exact) mass is 266 g/mol. The van der Waals surface area contributed by atoms with Crippen molar-refractivity contribution in [3.63, 3.8) is 0 Å². The smallest absolute Gasteiger partial charge is 0.0577 e. The van der Waals surface area contributed by atoms with Crippen LogP contribution in [0.2, 0.25) is 0 Å². The molecule has 0 spiro atoms. The molecule has 0 aromatic heterocycles. The minimum Gasteiger partial charge on any atom is -0.393 e. The second kappa shape index (κ2) is 6.90. The quantitative estimate of drug-likeness (QED) is 0.660. The maximum absolute atomic E-state index is 10.5. The topological polar surface area (TPSA) is 40.5 Å². The Balaban J connectivity index is 2.00. The summed E-state index contributed by atoms with van der Waals surface area (Å²) in [4.78, 5) is 0. The lowest BCUT2D eigenvalue weighted by atomic mass is 9.74. The van der Waals surface area contributed by atoms with Crippen molar-refractivity contribution >= 4 is 0 Å². The summed E-state index contributed by atoms with van der Waals surface area (Å²) in [7, 11) is 0. The first kappa shape index (κ1) is 15.1. The Hall–Kier alpha value is -0.340. The Morgan fingerprint density at radius 2 is 1.32 bits per heavy atom. The molecule has 2 bridgehead atoms. The summed E-state index contributed by atoms with van der Waals surface area (Å²) < 4.78 is 0. The molecule has 1 fully saturated rings. The number of fused-ring (bicyclic) bond motifs is 2. The second-order valence-corrected chi connectivity index (χ2v) is 6.52. The van der Waals surface area contributed by atoms with Crippen LogP contribution in [0.5, 0.6) is 0 Å². The molecule has 0 heterocycles. The predicted octanol–water partition coefficient (Wildman–Crippen LogP) is 3.53. The highest BCUT2D eigenvalue weighted by Gasteiger charge is 2.49. The van der Waals surface area contributed by atoms with Gasteiger partial charge in [0, 0.05) is 0 Å².